The van der Waals surface area contributed by atoms with Crippen LogP contribution in [0.15, 0.2) is 54.6 Å². The van der Waals surface area contributed by atoms with E-state index in [1.807, 2.05) is 36.4 Å². The highest BCUT2D eigenvalue weighted by atomic mass is 16.5. The van der Waals surface area contributed by atoms with E-state index in [0.717, 1.165) is 17.3 Å². The maximum atomic E-state index is 12.7. The van der Waals surface area contributed by atoms with Crippen LogP contribution in [0, 0.1) is 0 Å². The van der Waals surface area contributed by atoms with Crippen molar-refractivity contribution >= 4 is 22.6 Å². The number of hydrogen-bond donors (Lipinski definition) is 1. The first kappa shape index (κ1) is 18.9. The molecule has 1 fully saturated rings. The molecule has 1 aliphatic rings. The monoisotopic (exact) mass is 393 g/mol. The Morgan fingerprint density at radius 2 is 1.93 bits per heavy atom. The third kappa shape index (κ3) is 4.03. The molecule has 4 rings (SSSR count). The van der Waals surface area contributed by atoms with E-state index in [4.69, 9.17) is 14.2 Å². The van der Waals surface area contributed by atoms with Crippen LogP contribution in [0.1, 0.15) is 6.42 Å². The quantitative estimate of drug-likeness (QED) is 0.711. The Kier molecular flexibility index (Phi) is 5.37. The Bertz CT molecular complexity index is 1020. The second-order valence-corrected chi connectivity index (χ2v) is 6.79. The first-order valence-electron chi connectivity index (χ1n) is 9.47. The number of para-hydroxylation sites is 2. The van der Waals surface area contributed by atoms with Crippen LogP contribution in [0.2, 0.25) is 0 Å². The molecule has 1 unspecified atom stereocenters. The van der Waals surface area contributed by atoms with Crippen molar-refractivity contribution in [3.63, 3.8) is 0 Å². The van der Waals surface area contributed by atoms with Gasteiger partial charge in [0, 0.05) is 24.4 Å². The highest BCUT2D eigenvalue weighted by molar-refractivity contribution is 5.91. The number of urea groups is 1. The van der Waals surface area contributed by atoms with Gasteiger partial charge < -0.3 is 24.4 Å². The predicted molar refractivity (Wildman–Crippen MR) is 111 cm³/mol. The number of ether oxygens (including phenoxy) is 3. The van der Waals surface area contributed by atoms with E-state index in [0.29, 0.717) is 36.2 Å². The minimum atomic E-state index is -0.200. The first-order valence-corrected chi connectivity index (χ1v) is 9.47. The third-order valence-electron chi connectivity index (χ3n) is 4.94. The highest BCUT2D eigenvalue weighted by Crippen LogP contribution is 2.35. The summed E-state index contributed by atoms with van der Waals surface area (Å²) in [5, 5.41) is 3.97. The minimum absolute atomic E-state index is 0.0957. The number of benzene rings is 2. The number of fused-ring (bicyclic) bond motifs is 1. The lowest BCUT2D eigenvalue weighted by molar-refractivity contribution is 0.190. The molecule has 2 heterocycles. The SMILES string of the molecule is COc1cccc(NC(=O)N2CCC(Oc3ccc4ccccc4n3)C2)c1OC. The summed E-state index contributed by atoms with van der Waals surface area (Å²) in [6.45, 7) is 1.10. The molecule has 1 aliphatic heterocycles. The lowest BCUT2D eigenvalue weighted by Gasteiger charge is -2.19. The molecule has 7 heteroatoms. The molecule has 0 saturated carbocycles. The molecular formula is C22H23N3O4. The molecule has 0 radical (unpaired) electrons. The smallest absolute Gasteiger partial charge is 0.322 e. The average Bonchev–Trinajstić information content (AvgIpc) is 3.22. The van der Waals surface area contributed by atoms with Gasteiger partial charge in [0.1, 0.15) is 6.10 Å². The van der Waals surface area contributed by atoms with Gasteiger partial charge in [0.2, 0.25) is 5.88 Å². The third-order valence-corrected chi connectivity index (χ3v) is 4.94. The fourth-order valence-corrected chi connectivity index (χ4v) is 3.47. The summed E-state index contributed by atoms with van der Waals surface area (Å²) in [5.74, 6) is 1.64. The van der Waals surface area contributed by atoms with Crippen LogP contribution >= 0.6 is 0 Å². The van der Waals surface area contributed by atoms with Gasteiger partial charge >= 0.3 is 6.03 Å². The number of anilines is 1. The number of carbonyl (C=O) groups excluding carboxylic acids is 1. The Morgan fingerprint density at radius 1 is 1.07 bits per heavy atom. The Labute approximate surface area is 169 Å². The van der Waals surface area contributed by atoms with Gasteiger partial charge in [-0.05, 0) is 24.3 Å². The standard InChI is InChI=1S/C22H23N3O4/c1-27-19-9-5-8-18(21(19)28-2)24-22(26)25-13-12-16(14-25)29-20-11-10-15-6-3-4-7-17(15)23-20/h3-11,16H,12-14H2,1-2H3,(H,24,26). The van der Waals surface area contributed by atoms with E-state index in [2.05, 4.69) is 10.3 Å². The molecule has 2 aromatic carbocycles. The minimum Gasteiger partial charge on any atom is -0.493 e. The first-order chi connectivity index (χ1) is 14.2. The van der Waals surface area contributed by atoms with Crippen LogP contribution in [0.5, 0.6) is 17.4 Å². The number of pyridine rings is 1. The molecule has 29 heavy (non-hydrogen) atoms. The van der Waals surface area contributed by atoms with Crippen molar-refractivity contribution in [2.75, 3.05) is 32.6 Å². The Hall–Kier alpha value is -3.48. The summed E-state index contributed by atoms with van der Waals surface area (Å²) in [6, 6.07) is 16.9. The zero-order chi connectivity index (χ0) is 20.2. The van der Waals surface area contributed by atoms with Crippen molar-refractivity contribution in [2.24, 2.45) is 0 Å². The highest BCUT2D eigenvalue weighted by Gasteiger charge is 2.28. The van der Waals surface area contributed by atoms with Gasteiger partial charge in [-0.2, -0.15) is 0 Å². The van der Waals surface area contributed by atoms with Crippen molar-refractivity contribution in [3.05, 3.63) is 54.6 Å². The summed E-state index contributed by atoms with van der Waals surface area (Å²) in [4.78, 5) is 19.0. The van der Waals surface area contributed by atoms with E-state index in [1.165, 1.54) is 0 Å². The Balaban J connectivity index is 1.39. The number of amides is 2. The number of methoxy groups -OCH3 is 2. The van der Waals surface area contributed by atoms with E-state index in [1.54, 1.807) is 37.3 Å². The molecule has 1 N–H and O–H groups in total. The van der Waals surface area contributed by atoms with Crippen LogP contribution < -0.4 is 19.5 Å². The van der Waals surface area contributed by atoms with E-state index in [-0.39, 0.29) is 12.1 Å². The number of likely N-dealkylation sites (tertiary alicyclic amines) is 1. The molecule has 2 amide bonds. The second kappa shape index (κ2) is 8.26. The summed E-state index contributed by atoms with van der Waals surface area (Å²) < 4.78 is 16.7. The van der Waals surface area contributed by atoms with Crippen LogP contribution in [-0.2, 0) is 0 Å². The zero-order valence-corrected chi connectivity index (χ0v) is 16.4. The maximum Gasteiger partial charge on any atom is 0.322 e. The fourth-order valence-electron chi connectivity index (χ4n) is 3.47. The second-order valence-electron chi connectivity index (χ2n) is 6.79. The molecule has 0 bridgehead atoms. The molecule has 0 aliphatic carbocycles. The molecule has 3 aromatic rings. The van der Waals surface area contributed by atoms with Crippen molar-refractivity contribution in [1.82, 2.24) is 9.88 Å². The van der Waals surface area contributed by atoms with Gasteiger partial charge in [-0.3, -0.25) is 0 Å². The molecular weight excluding hydrogens is 370 g/mol. The van der Waals surface area contributed by atoms with Crippen molar-refractivity contribution < 1.29 is 19.0 Å². The van der Waals surface area contributed by atoms with Crippen LogP contribution in [0.25, 0.3) is 10.9 Å². The normalized spacial score (nSPS) is 15.9. The van der Waals surface area contributed by atoms with Gasteiger partial charge in [0.15, 0.2) is 11.5 Å². The van der Waals surface area contributed by atoms with Gasteiger partial charge in [-0.1, -0.05) is 24.3 Å². The average molecular weight is 393 g/mol. The number of nitrogens with zero attached hydrogens (tertiary/aromatic N) is 2. The molecule has 7 nitrogen and oxygen atoms in total. The number of rotatable bonds is 5. The van der Waals surface area contributed by atoms with Gasteiger partial charge in [-0.25, -0.2) is 9.78 Å². The molecule has 1 atom stereocenters. The van der Waals surface area contributed by atoms with Crippen molar-refractivity contribution in [3.8, 4) is 17.4 Å². The van der Waals surface area contributed by atoms with Crippen LogP contribution in [0.4, 0.5) is 10.5 Å². The van der Waals surface area contributed by atoms with Crippen molar-refractivity contribution in [1.29, 1.82) is 0 Å². The topological polar surface area (TPSA) is 72.9 Å². The lowest BCUT2D eigenvalue weighted by Crippen LogP contribution is -2.34. The summed E-state index contributed by atoms with van der Waals surface area (Å²) in [5.41, 5.74) is 1.46. The maximum absolute atomic E-state index is 12.7. The zero-order valence-electron chi connectivity index (χ0n) is 16.4. The summed E-state index contributed by atoms with van der Waals surface area (Å²) in [7, 11) is 3.11. The fraction of sp³-hybridized carbons (Fsp3) is 0.273. The number of aromatic nitrogens is 1. The number of nitrogens with one attached hydrogen (secondary N) is 1. The van der Waals surface area contributed by atoms with Gasteiger partial charge in [0.25, 0.3) is 0 Å². The van der Waals surface area contributed by atoms with Crippen molar-refractivity contribution in [2.45, 2.75) is 12.5 Å². The van der Waals surface area contributed by atoms with E-state index in [9.17, 15) is 4.79 Å². The molecule has 1 saturated heterocycles. The summed E-state index contributed by atoms with van der Waals surface area (Å²) in [6.07, 6.45) is 0.651. The lowest BCUT2D eigenvalue weighted by atomic mass is 10.2. The van der Waals surface area contributed by atoms with Gasteiger partial charge in [0.05, 0.1) is 32.0 Å². The molecule has 0 spiro atoms. The van der Waals surface area contributed by atoms with Crippen LogP contribution in [-0.4, -0.2) is 49.3 Å². The summed E-state index contributed by atoms with van der Waals surface area (Å²) >= 11 is 0. The number of hydrogen-bond acceptors (Lipinski definition) is 5. The predicted octanol–water partition coefficient (Wildman–Crippen LogP) is 3.94. The number of carbonyl (C=O) groups is 1. The van der Waals surface area contributed by atoms with Gasteiger partial charge in [-0.15, -0.1) is 0 Å². The van der Waals surface area contributed by atoms with E-state index < -0.39 is 0 Å². The van der Waals surface area contributed by atoms with Crippen LogP contribution in [0.3, 0.4) is 0 Å². The molecule has 150 valence electrons. The largest absolute Gasteiger partial charge is 0.493 e. The Morgan fingerprint density at radius 3 is 2.76 bits per heavy atom. The molecule has 1 aromatic heterocycles. The van der Waals surface area contributed by atoms with E-state index >= 15 is 0 Å².